The zero-order chi connectivity index (χ0) is 14.8. The molecule has 118 valence electrons. The van der Waals surface area contributed by atoms with Crippen LogP contribution in [-0.2, 0) is 22.5 Å². The van der Waals surface area contributed by atoms with Crippen molar-refractivity contribution in [2.45, 2.75) is 19.0 Å². The number of rotatable bonds is 3. The summed E-state index contributed by atoms with van der Waals surface area (Å²) < 4.78 is 5.01. The lowest BCUT2D eigenvalue weighted by molar-refractivity contribution is -0.147. The zero-order valence-corrected chi connectivity index (χ0v) is 14.5. The Morgan fingerprint density at radius 3 is 2.86 bits per heavy atom. The zero-order valence-electron chi connectivity index (χ0n) is 12.1. The highest BCUT2D eigenvalue weighted by atomic mass is 35.5. The molecule has 0 aliphatic carbocycles. The van der Waals surface area contributed by atoms with Gasteiger partial charge in [0, 0.05) is 23.0 Å². The molecular weight excluding hydrogens is 341 g/mol. The van der Waals surface area contributed by atoms with Gasteiger partial charge in [-0.25, -0.2) is 4.79 Å². The number of nitrogens with zero attached hydrogens (tertiary/aromatic N) is 1. The molecule has 0 radical (unpaired) electrons. The number of esters is 1. The number of halogens is 2. The summed E-state index contributed by atoms with van der Waals surface area (Å²) in [6.07, 6.45) is 0.955. The van der Waals surface area contributed by atoms with Crippen LogP contribution in [-0.4, -0.2) is 24.5 Å². The van der Waals surface area contributed by atoms with E-state index in [1.54, 1.807) is 11.3 Å². The molecule has 0 amide bonds. The third-order valence-corrected chi connectivity index (χ3v) is 5.13. The average Bonchev–Trinajstić information content (AvgIpc) is 2.97. The molecule has 1 aromatic carbocycles. The van der Waals surface area contributed by atoms with Crippen molar-refractivity contribution in [3.63, 3.8) is 0 Å². The highest BCUT2D eigenvalue weighted by Gasteiger charge is 2.32. The lowest BCUT2D eigenvalue weighted by atomic mass is 10.0. The predicted molar refractivity (Wildman–Crippen MR) is 91.9 cm³/mol. The topological polar surface area (TPSA) is 29.5 Å². The van der Waals surface area contributed by atoms with E-state index in [2.05, 4.69) is 16.3 Å². The summed E-state index contributed by atoms with van der Waals surface area (Å²) in [7, 11) is 1.42. The van der Waals surface area contributed by atoms with E-state index in [0.29, 0.717) is 5.02 Å². The predicted octanol–water partition coefficient (Wildman–Crippen LogP) is 4.10. The van der Waals surface area contributed by atoms with Crippen molar-refractivity contribution in [3.05, 3.63) is 56.7 Å². The van der Waals surface area contributed by atoms with Crippen LogP contribution in [0.25, 0.3) is 0 Å². The van der Waals surface area contributed by atoms with Crippen LogP contribution in [0.3, 0.4) is 0 Å². The molecule has 1 atom stereocenters. The van der Waals surface area contributed by atoms with Gasteiger partial charge in [0.25, 0.3) is 0 Å². The van der Waals surface area contributed by atoms with Crippen LogP contribution in [0.1, 0.15) is 22.0 Å². The third kappa shape index (κ3) is 3.30. The summed E-state index contributed by atoms with van der Waals surface area (Å²) in [5.74, 6) is -0.261. The minimum absolute atomic E-state index is 0. The Balaban J connectivity index is 0.00000176. The number of hydrogen-bond donors (Lipinski definition) is 0. The molecule has 1 aliphatic rings. The minimum Gasteiger partial charge on any atom is -0.468 e. The Morgan fingerprint density at radius 2 is 2.14 bits per heavy atom. The van der Waals surface area contributed by atoms with E-state index in [1.165, 1.54) is 17.6 Å². The van der Waals surface area contributed by atoms with Gasteiger partial charge in [-0.15, -0.1) is 23.7 Å². The Morgan fingerprint density at radius 1 is 1.36 bits per heavy atom. The van der Waals surface area contributed by atoms with Crippen LogP contribution in [0.2, 0.25) is 5.02 Å². The molecule has 0 saturated carbocycles. The summed E-state index contributed by atoms with van der Waals surface area (Å²) >= 11 is 8.02. The number of methoxy groups -OCH3 is 1. The number of ether oxygens (including phenoxy) is 1. The van der Waals surface area contributed by atoms with Crippen LogP contribution in [0.4, 0.5) is 0 Å². The molecule has 1 aromatic heterocycles. The first-order chi connectivity index (χ1) is 10.2. The molecule has 2 aromatic rings. The Kier molecular flexibility index (Phi) is 5.87. The molecule has 0 saturated heterocycles. The average molecular weight is 358 g/mol. The third-order valence-electron chi connectivity index (χ3n) is 3.84. The van der Waals surface area contributed by atoms with E-state index < -0.39 is 6.04 Å². The number of carbonyl (C=O) groups excluding carboxylic acids is 1. The Labute approximate surface area is 145 Å². The lowest BCUT2D eigenvalue weighted by Crippen LogP contribution is -2.38. The van der Waals surface area contributed by atoms with Crippen molar-refractivity contribution >= 4 is 41.3 Å². The molecule has 0 spiro atoms. The van der Waals surface area contributed by atoms with Crippen LogP contribution in [0.15, 0.2) is 35.7 Å². The van der Waals surface area contributed by atoms with Crippen molar-refractivity contribution in [2.75, 3.05) is 13.7 Å². The first-order valence-corrected chi connectivity index (χ1v) is 8.08. The van der Waals surface area contributed by atoms with E-state index in [9.17, 15) is 4.79 Å². The first kappa shape index (κ1) is 17.3. The molecule has 0 unspecified atom stereocenters. The molecule has 3 rings (SSSR count). The quantitative estimate of drug-likeness (QED) is 0.774. The van der Waals surface area contributed by atoms with Gasteiger partial charge in [-0.2, -0.15) is 0 Å². The van der Waals surface area contributed by atoms with Crippen molar-refractivity contribution in [3.8, 4) is 0 Å². The molecule has 1 aliphatic heterocycles. The van der Waals surface area contributed by atoms with Crippen LogP contribution >= 0.6 is 35.3 Å². The standard InChI is InChI=1S/C16H16ClNO2S.ClH/c1-20-16(19)15(12-4-2-3-5-13(12)17)18-8-6-11-7-9-21-14(11)10-18;/h2-5,7,9,15H,6,8,10H2,1H3;1H/t15-;/m1./s1. The molecule has 2 heterocycles. The van der Waals surface area contributed by atoms with E-state index in [1.807, 2.05) is 24.3 Å². The Bertz CT molecular complexity index is 659. The summed E-state index contributed by atoms with van der Waals surface area (Å²) in [5, 5.41) is 2.71. The van der Waals surface area contributed by atoms with Gasteiger partial charge in [-0.05, 0) is 35.1 Å². The molecule has 0 bridgehead atoms. The maximum atomic E-state index is 12.3. The van der Waals surface area contributed by atoms with Crippen molar-refractivity contribution in [1.82, 2.24) is 4.90 Å². The SMILES string of the molecule is COC(=O)[C@@H](c1ccccc1Cl)N1CCc2ccsc2C1.Cl. The summed E-state index contributed by atoms with van der Waals surface area (Å²) in [5.41, 5.74) is 2.20. The second kappa shape index (κ2) is 7.47. The molecule has 6 heteroatoms. The number of thiophene rings is 1. The van der Waals surface area contributed by atoms with E-state index in [-0.39, 0.29) is 18.4 Å². The number of carbonyl (C=O) groups is 1. The number of benzene rings is 1. The number of hydrogen-bond acceptors (Lipinski definition) is 4. The maximum absolute atomic E-state index is 12.3. The summed E-state index contributed by atoms with van der Waals surface area (Å²) in [6.45, 7) is 1.59. The second-order valence-electron chi connectivity index (χ2n) is 5.04. The highest BCUT2D eigenvalue weighted by Crippen LogP contribution is 2.34. The first-order valence-electron chi connectivity index (χ1n) is 6.82. The van der Waals surface area contributed by atoms with Gasteiger partial charge in [-0.3, -0.25) is 4.90 Å². The van der Waals surface area contributed by atoms with Gasteiger partial charge in [0.2, 0.25) is 0 Å². The fourth-order valence-electron chi connectivity index (χ4n) is 2.76. The molecule has 22 heavy (non-hydrogen) atoms. The van der Waals surface area contributed by atoms with Gasteiger partial charge in [0.15, 0.2) is 0 Å². The van der Waals surface area contributed by atoms with Gasteiger partial charge in [0.05, 0.1) is 7.11 Å². The highest BCUT2D eigenvalue weighted by molar-refractivity contribution is 7.10. The number of fused-ring (bicyclic) bond motifs is 1. The van der Waals surface area contributed by atoms with Crippen LogP contribution < -0.4 is 0 Å². The fourth-order valence-corrected chi connectivity index (χ4v) is 3.96. The van der Waals surface area contributed by atoms with Crippen molar-refractivity contribution < 1.29 is 9.53 Å². The minimum atomic E-state index is -0.445. The van der Waals surface area contributed by atoms with Crippen molar-refractivity contribution in [1.29, 1.82) is 0 Å². The lowest BCUT2D eigenvalue weighted by Gasteiger charge is -2.33. The van der Waals surface area contributed by atoms with Gasteiger partial charge in [-0.1, -0.05) is 29.8 Å². The van der Waals surface area contributed by atoms with Crippen LogP contribution in [0, 0.1) is 0 Å². The van der Waals surface area contributed by atoms with Gasteiger partial charge in [0.1, 0.15) is 6.04 Å². The van der Waals surface area contributed by atoms with Gasteiger partial charge < -0.3 is 4.74 Å². The van der Waals surface area contributed by atoms with Crippen LogP contribution in [0.5, 0.6) is 0 Å². The maximum Gasteiger partial charge on any atom is 0.327 e. The normalized spacial score (nSPS) is 15.5. The summed E-state index contributed by atoms with van der Waals surface area (Å²) in [4.78, 5) is 15.8. The van der Waals surface area contributed by atoms with E-state index in [0.717, 1.165) is 25.1 Å². The monoisotopic (exact) mass is 357 g/mol. The largest absolute Gasteiger partial charge is 0.468 e. The second-order valence-corrected chi connectivity index (χ2v) is 6.44. The van der Waals surface area contributed by atoms with E-state index in [4.69, 9.17) is 16.3 Å². The fraction of sp³-hybridized carbons (Fsp3) is 0.312. The Hall–Kier alpha value is -1.07. The van der Waals surface area contributed by atoms with Gasteiger partial charge >= 0.3 is 5.97 Å². The van der Waals surface area contributed by atoms with E-state index >= 15 is 0 Å². The van der Waals surface area contributed by atoms with Crippen molar-refractivity contribution in [2.24, 2.45) is 0 Å². The molecule has 3 nitrogen and oxygen atoms in total. The smallest absolute Gasteiger partial charge is 0.327 e. The molecule has 0 N–H and O–H groups in total. The molecule has 0 fully saturated rings. The summed E-state index contributed by atoms with van der Waals surface area (Å²) in [6, 6.07) is 9.20. The molecular formula is C16H17Cl2NO2S.